The van der Waals surface area contributed by atoms with Gasteiger partial charge in [-0.3, -0.25) is 14.6 Å². The lowest BCUT2D eigenvalue weighted by atomic mass is 10.1. The zero-order chi connectivity index (χ0) is 26.1. The minimum Gasteiger partial charge on any atom is -0.454 e. The average molecular weight is 531 g/mol. The summed E-state index contributed by atoms with van der Waals surface area (Å²) in [5.41, 5.74) is 2.88. The van der Waals surface area contributed by atoms with Crippen LogP contribution in [0.15, 0.2) is 76.7 Å². The van der Waals surface area contributed by atoms with Crippen molar-refractivity contribution < 1.29 is 23.5 Å². The lowest BCUT2D eigenvalue weighted by molar-refractivity contribution is -0.125. The Bertz CT molecular complexity index is 1490. The van der Waals surface area contributed by atoms with E-state index in [1.807, 2.05) is 42.5 Å². The van der Waals surface area contributed by atoms with E-state index in [9.17, 15) is 14.0 Å². The van der Waals surface area contributed by atoms with Gasteiger partial charge >= 0.3 is 0 Å². The summed E-state index contributed by atoms with van der Waals surface area (Å²) < 4.78 is 24.9. The zero-order valence-corrected chi connectivity index (χ0v) is 21.0. The molecule has 38 heavy (non-hydrogen) atoms. The maximum absolute atomic E-state index is 14.2. The van der Waals surface area contributed by atoms with Gasteiger partial charge in [-0.25, -0.2) is 14.3 Å². The van der Waals surface area contributed by atoms with Crippen LogP contribution in [-0.2, 0) is 21.9 Å². The van der Waals surface area contributed by atoms with E-state index in [0.717, 1.165) is 11.1 Å². The molecule has 3 heterocycles. The number of hydrogen-bond acceptors (Lipinski definition) is 7. The van der Waals surface area contributed by atoms with E-state index in [4.69, 9.17) is 14.5 Å². The first-order chi connectivity index (χ1) is 18.6. The van der Waals surface area contributed by atoms with Crippen LogP contribution in [0.5, 0.6) is 11.5 Å². The second kappa shape index (κ2) is 10.3. The van der Waals surface area contributed by atoms with Crippen molar-refractivity contribution in [1.82, 2.24) is 10.2 Å². The van der Waals surface area contributed by atoms with Crippen molar-refractivity contribution in [3.8, 4) is 11.5 Å². The number of para-hydroxylation sites is 1. The summed E-state index contributed by atoms with van der Waals surface area (Å²) in [5, 5.41) is 3.34. The van der Waals surface area contributed by atoms with Crippen molar-refractivity contribution in [3.63, 3.8) is 0 Å². The summed E-state index contributed by atoms with van der Waals surface area (Å²) in [7, 11) is 0. The Morgan fingerprint density at radius 2 is 1.89 bits per heavy atom. The normalized spacial score (nSPS) is 17.0. The van der Waals surface area contributed by atoms with Crippen molar-refractivity contribution in [1.29, 1.82) is 0 Å². The van der Waals surface area contributed by atoms with Crippen LogP contribution in [0, 0.1) is 5.82 Å². The highest BCUT2D eigenvalue weighted by molar-refractivity contribution is 8.13. The van der Waals surface area contributed by atoms with Gasteiger partial charge in [0.25, 0.3) is 5.91 Å². The van der Waals surface area contributed by atoms with Crippen LogP contribution >= 0.6 is 11.8 Å². The van der Waals surface area contributed by atoms with E-state index < -0.39 is 6.04 Å². The zero-order valence-electron chi connectivity index (χ0n) is 20.2. The minimum absolute atomic E-state index is 0.141. The number of nitrogens with one attached hydrogen (secondary N) is 1. The van der Waals surface area contributed by atoms with E-state index >= 15 is 0 Å². The first-order valence-corrected chi connectivity index (χ1v) is 13.2. The second-order valence-electron chi connectivity index (χ2n) is 8.94. The molecule has 0 radical (unpaired) electrons. The van der Waals surface area contributed by atoms with Crippen LogP contribution in [0.1, 0.15) is 29.5 Å². The van der Waals surface area contributed by atoms with Gasteiger partial charge in [0.2, 0.25) is 12.7 Å². The van der Waals surface area contributed by atoms with Gasteiger partial charge in [0.05, 0.1) is 5.69 Å². The molecular formula is C28H23FN4O4S. The standard InChI is InChI=1S/C28H23FN4O4S/c29-20-7-3-1-5-18(20)15-38-28-32-21-8-4-2-6-19(21)26-31-22(27(35)33(26)28)10-12-25(34)30-14-17-9-11-23-24(13-17)37-16-36-23/h1-9,11,13,22H,10,12,14-16H2,(H,30,34). The predicted molar refractivity (Wildman–Crippen MR) is 142 cm³/mol. The van der Waals surface area contributed by atoms with Gasteiger partial charge in [0, 0.05) is 24.3 Å². The molecule has 0 aliphatic carbocycles. The molecule has 0 fully saturated rings. The molecule has 6 rings (SSSR count). The van der Waals surface area contributed by atoms with Crippen LogP contribution in [0.3, 0.4) is 0 Å². The number of thioether (sulfide) groups is 1. The topological polar surface area (TPSA) is 92.6 Å². The maximum atomic E-state index is 14.2. The highest BCUT2D eigenvalue weighted by atomic mass is 32.2. The Morgan fingerprint density at radius 3 is 2.79 bits per heavy atom. The first kappa shape index (κ1) is 24.2. The average Bonchev–Trinajstić information content (AvgIpc) is 3.54. The van der Waals surface area contributed by atoms with Crippen molar-refractivity contribution in [2.45, 2.75) is 31.2 Å². The van der Waals surface area contributed by atoms with E-state index in [1.54, 1.807) is 18.2 Å². The number of amidine groups is 2. The Balaban J connectivity index is 1.12. The van der Waals surface area contributed by atoms with E-state index in [-0.39, 0.29) is 37.3 Å². The summed E-state index contributed by atoms with van der Waals surface area (Å²) in [4.78, 5) is 36.9. The number of nitrogens with zero attached hydrogens (tertiary/aromatic N) is 3. The summed E-state index contributed by atoms with van der Waals surface area (Å²) >= 11 is 1.28. The fraction of sp³-hybridized carbons (Fsp3) is 0.214. The fourth-order valence-electron chi connectivity index (χ4n) is 4.45. The highest BCUT2D eigenvalue weighted by Crippen LogP contribution is 2.35. The predicted octanol–water partition coefficient (Wildman–Crippen LogP) is 4.54. The molecular weight excluding hydrogens is 507 g/mol. The number of aliphatic imine (C=N–C) groups is 2. The Labute approximate surface area is 222 Å². The number of ether oxygens (including phenoxy) is 2. The van der Waals surface area contributed by atoms with E-state index in [1.165, 1.54) is 22.7 Å². The van der Waals surface area contributed by atoms with Gasteiger partial charge in [-0.2, -0.15) is 0 Å². The van der Waals surface area contributed by atoms with Gasteiger partial charge in [0.1, 0.15) is 17.7 Å². The molecule has 0 saturated carbocycles. The lowest BCUT2D eigenvalue weighted by Crippen LogP contribution is -2.41. The van der Waals surface area contributed by atoms with Crippen LogP contribution in [0.2, 0.25) is 0 Å². The van der Waals surface area contributed by atoms with Gasteiger partial charge < -0.3 is 14.8 Å². The Hall–Kier alpha value is -4.18. The van der Waals surface area contributed by atoms with Gasteiger partial charge in [-0.1, -0.05) is 48.2 Å². The summed E-state index contributed by atoms with van der Waals surface area (Å²) in [6.45, 7) is 0.532. The quantitative estimate of drug-likeness (QED) is 0.484. The number of hydrogen-bond donors (Lipinski definition) is 1. The molecule has 10 heteroatoms. The molecule has 8 nitrogen and oxygen atoms in total. The summed E-state index contributed by atoms with van der Waals surface area (Å²) in [6.07, 6.45) is 0.404. The number of fused-ring (bicyclic) bond motifs is 4. The lowest BCUT2D eigenvalue weighted by Gasteiger charge is -2.25. The molecule has 192 valence electrons. The highest BCUT2D eigenvalue weighted by Gasteiger charge is 2.41. The molecule has 1 N–H and O–H groups in total. The molecule has 1 atom stereocenters. The number of carbonyl (C=O) groups excluding carboxylic acids is 2. The third kappa shape index (κ3) is 4.74. The fourth-order valence-corrected chi connectivity index (χ4v) is 5.44. The van der Waals surface area contributed by atoms with Crippen molar-refractivity contribution in [2.75, 3.05) is 6.79 Å². The molecule has 0 aromatic heterocycles. The van der Waals surface area contributed by atoms with Crippen molar-refractivity contribution >= 4 is 40.3 Å². The molecule has 3 aromatic rings. The maximum Gasteiger partial charge on any atom is 0.259 e. The molecule has 0 bridgehead atoms. The third-order valence-electron chi connectivity index (χ3n) is 6.43. The molecule has 3 aromatic carbocycles. The number of halogens is 1. The molecule has 0 saturated heterocycles. The van der Waals surface area contributed by atoms with Gasteiger partial charge in [-0.15, -0.1) is 0 Å². The van der Waals surface area contributed by atoms with Crippen molar-refractivity contribution in [3.05, 3.63) is 89.2 Å². The molecule has 3 aliphatic rings. The smallest absolute Gasteiger partial charge is 0.259 e. The van der Waals surface area contributed by atoms with Crippen LogP contribution in [0.4, 0.5) is 10.1 Å². The number of rotatable bonds is 7. The minimum atomic E-state index is -0.702. The van der Waals surface area contributed by atoms with E-state index in [0.29, 0.717) is 46.1 Å². The Morgan fingerprint density at radius 1 is 1.08 bits per heavy atom. The van der Waals surface area contributed by atoms with Crippen LogP contribution < -0.4 is 14.8 Å². The molecule has 3 aliphatic heterocycles. The molecule has 1 unspecified atom stereocenters. The van der Waals surface area contributed by atoms with Crippen molar-refractivity contribution in [2.24, 2.45) is 9.98 Å². The molecule has 2 amide bonds. The first-order valence-electron chi connectivity index (χ1n) is 12.2. The van der Waals surface area contributed by atoms with E-state index in [2.05, 4.69) is 10.3 Å². The van der Waals surface area contributed by atoms with Crippen LogP contribution in [0.25, 0.3) is 0 Å². The summed E-state index contributed by atoms with van der Waals surface area (Å²) in [6, 6.07) is 18.8. The second-order valence-corrected chi connectivity index (χ2v) is 9.88. The Kier molecular flexibility index (Phi) is 6.55. The monoisotopic (exact) mass is 530 g/mol. The SMILES string of the molecule is O=C(CCC1N=C2c3ccccc3N=C(SCc3ccccc3F)N2C1=O)NCc1ccc2c(c1)OCO2. The van der Waals surface area contributed by atoms with Crippen LogP contribution in [-0.4, -0.2) is 40.6 Å². The van der Waals surface area contributed by atoms with Gasteiger partial charge in [0.15, 0.2) is 16.7 Å². The number of benzene rings is 3. The summed E-state index contributed by atoms with van der Waals surface area (Å²) in [5.74, 6) is 1.46. The van der Waals surface area contributed by atoms with Gasteiger partial charge in [-0.05, 0) is 47.9 Å². The largest absolute Gasteiger partial charge is 0.454 e. The number of carbonyl (C=O) groups is 2. The molecule has 0 spiro atoms. The third-order valence-corrected chi connectivity index (χ3v) is 7.42. The number of amides is 2.